The summed E-state index contributed by atoms with van der Waals surface area (Å²) in [6.45, 7) is 1.82. The molecule has 5 nitrogen and oxygen atoms in total. The third kappa shape index (κ3) is 7.34. The minimum absolute atomic E-state index is 0.240. The zero-order valence-electron chi connectivity index (χ0n) is 17.8. The van der Waals surface area contributed by atoms with E-state index in [1.54, 1.807) is 0 Å². The number of ether oxygens (including phenoxy) is 1. The first-order valence-corrected chi connectivity index (χ1v) is 11.4. The second kappa shape index (κ2) is 13.3. The number of aliphatic hydroxyl groups excluding tert-OH is 4. The number of unbranched alkanes of at least 4 members (excludes halogenated alkanes) is 9. The molecule has 1 aromatic carbocycles. The lowest BCUT2D eigenvalue weighted by Crippen LogP contribution is -2.55. The van der Waals surface area contributed by atoms with E-state index in [9.17, 15) is 20.4 Å². The standard InChI is InChI=1S/C24H39O5/c1-2-3-4-5-6-7-8-9-10-11-14-18-15-12-13-16-19(18)24-23(28)22(27)21(26)20(17-25)29-24/h12-13,15-16,20-23,25-28H,2-11,14,17H2,1H3/t20-,21-,22+,23+/m1/s1. The van der Waals surface area contributed by atoms with Crippen molar-refractivity contribution in [2.24, 2.45) is 0 Å². The maximum absolute atomic E-state index is 10.4. The molecule has 165 valence electrons. The monoisotopic (exact) mass is 407 g/mol. The fourth-order valence-corrected chi connectivity index (χ4v) is 4.01. The van der Waals surface area contributed by atoms with Crippen LogP contribution in [0.25, 0.3) is 0 Å². The van der Waals surface area contributed by atoms with Gasteiger partial charge in [0.2, 0.25) is 0 Å². The van der Waals surface area contributed by atoms with Crippen LogP contribution in [0.4, 0.5) is 0 Å². The Morgan fingerprint density at radius 2 is 1.38 bits per heavy atom. The Hall–Kier alpha value is -0.980. The first kappa shape index (κ1) is 24.3. The zero-order valence-corrected chi connectivity index (χ0v) is 17.8. The fourth-order valence-electron chi connectivity index (χ4n) is 4.01. The van der Waals surface area contributed by atoms with E-state index in [0.717, 1.165) is 24.0 Å². The van der Waals surface area contributed by atoms with Gasteiger partial charge in [0, 0.05) is 0 Å². The molecular formula is C24H39O5. The molecule has 29 heavy (non-hydrogen) atoms. The highest BCUT2D eigenvalue weighted by atomic mass is 16.5. The van der Waals surface area contributed by atoms with Gasteiger partial charge in [0.15, 0.2) is 6.10 Å². The van der Waals surface area contributed by atoms with Crippen molar-refractivity contribution < 1.29 is 25.2 Å². The molecular weight excluding hydrogens is 368 g/mol. The molecule has 1 fully saturated rings. The highest BCUT2D eigenvalue weighted by molar-refractivity contribution is 5.39. The molecule has 1 aliphatic rings. The average Bonchev–Trinajstić information content (AvgIpc) is 2.74. The topological polar surface area (TPSA) is 90.2 Å². The van der Waals surface area contributed by atoms with Gasteiger partial charge in [-0.25, -0.2) is 0 Å². The van der Waals surface area contributed by atoms with Crippen molar-refractivity contribution in [1.82, 2.24) is 0 Å². The minimum Gasteiger partial charge on any atom is -0.394 e. The van der Waals surface area contributed by atoms with Crippen LogP contribution in [0.5, 0.6) is 0 Å². The fraction of sp³-hybridized carbons (Fsp3) is 0.708. The SMILES string of the molecule is CCCCCCCCCCCCc1ccccc1[C]1O[C@H](CO)[C@@H](O)[C@H](O)[C@@H]1O. The quantitative estimate of drug-likeness (QED) is 0.376. The largest absolute Gasteiger partial charge is 0.394 e. The van der Waals surface area contributed by atoms with Crippen LogP contribution in [0.2, 0.25) is 0 Å². The molecule has 1 aliphatic heterocycles. The summed E-state index contributed by atoms with van der Waals surface area (Å²) in [7, 11) is 0. The van der Waals surface area contributed by atoms with Gasteiger partial charge in [0.1, 0.15) is 24.4 Å². The predicted octanol–water partition coefficient (Wildman–Crippen LogP) is 3.50. The van der Waals surface area contributed by atoms with Crippen LogP contribution in [-0.4, -0.2) is 51.4 Å². The molecule has 0 spiro atoms. The van der Waals surface area contributed by atoms with Crippen LogP contribution in [0.1, 0.15) is 82.3 Å². The third-order valence-electron chi connectivity index (χ3n) is 5.86. The molecule has 0 aromatic heterocycles. The number of hydrogen-bond donors (Lipinski definition) is 4. The van der Waals surface area contributed by atoms with E-state index in [0.29, 0.717) is 0 Å². The van der Waals surface area contributed by atoms with Gasteiger partial charge in [-0.05, 0) is 24.0 Å². The molecule has 1 aromatic rings. The summed E-state index contributed by atoms with van der Waals surface area (Å²) in [5, 5.41) is 39.9. The van der Waals surface area contributed by atoms with Gasteiger partial charge in [0.25, 0.3) is 0 Å². The minimum atomic E-state index is -1.37. The number of rotatable bonds is 13. The van der Waals surface area contributed by atoms with Crippen LogP contribution in [0.3, 0.4) is 0 Å². The summed E-state index contributed by atoms with van der Waals surface area (Å²) in [5.74, 6) is 0. The normalized spacial score (nSPS) is 25.4. The van der Waals surface area contributed by atoms with Gasteiger partial charge in [-0.1, -0.05) is 89.0 Å². The molecule has 0 aliphatic carbocycles. The molecule has 0 bridgehead atoms. The smallest absolute Gasteiger partial charge is 0.158 e. The van der Waals surface area contributed by atoms with E-state index in [1.165, 1.54) is 57.8 Å². The van der Waals surface area contributed by atoms with E-state index in [4.69, 9.17) is 4.74 Å². The van der Waals surface area contributed by atoms with Gasteiger partial charge in [-0.15, -0.1) is 0 Å². The molecule has 1 radical (unpaired) electrons. The van der Waals surface area contributed by atoms with E-state index in [1.807, 2.05) is 24.3 Å². The van der Waals surface area contributed by atoms with Gasteiger partial charge >= 0.3 is 0 Å². The van der Waals surface area contributed by atoms with Crippen molar-refractivity contribution >= 4 is 0 Å². The Kier molecular flexibility index (Phi) is 11.2. The number of aliphatic hydroxyl groups is 4. The molecule has 5 heteroatoms. The van der Waals surface area contributed by atoms with E-state index < -0.39 is 31.0 Å². The highest BCUT2D eigenvalue weighted by Crippen LogP contribution is 2.33. The van der Waals surface area contributed by atoms with Gasteiger partial charge < -0.3 is 25.2 Å². The lowest BCUT2D eigenvalue weighted by molar-refractivity contribution is -0.184. The maximum atomic E-state index is 10.4. The second-order valence-electron chi connectivity index (χ2n) is 8.22. The number of hydrogen-bond acceptors (Lipinski definition) is 5. The van der Waals surface area contributed by atoms with Crippen molar-refractivity contribution in [2.75, 3.05) is 6.61 Å². The Morgan fingerprint density at radius 1 is 0.793 bits per heavy atom. The van der Waals surface area contributed by atoms with Crippen molar-refractivity contribution in [3.05, 3.63) is 41.5 Å². The van der Waals surface area contributed by atoms with Gasteiger partial charge in [-0.3, -0.25) is 0 Å². The Balaban J connectivity index is 1.80. The van der Waals surface area contributed by atoms with Crippen LogP contribution in [-0.2, 0) is 11.2 Å². The van der Waals surface area contributed by atoms with Crippen LogP contribution in [0.15, 0.2) is 24.3 Å². The average molecular weight is 408 g/mol. The summed E-state index contributed by atoms with van der Waals surface area (Å²) in [6.07, 6.45) is 8.97. The maximum Gasteiger partial charge on any atom is 0.158 e. The lowest BCUT2D eigenvalue weighted by Gasteiger charge is -2.40. The van der Waals surface area contributed by atoms with Crippen LogP contribution >= 0.6 is 0 Å². The molecule has 0 amide bonds. The Morgan fingerprint density at radius 3 is 2.00 bits per heavy atom. The molecule has 0 unspecified atom stereocenters. The van der Waals surface area contributed by atoms with E-state index >= 15 is 0 Å². The Labute approximate surface area is 175 Å². The number of aryl methyl sites for hydroxylation is 1. The first-order valence-electron chi connectivity index (χ1n) is 11.4. The zero-order chi connectivity index (χ0) is 21.1. The highest BCUT2D eigenvalue weighted by Gasteiger charge is 2.45. The van der Waals surface area contributed by atoms with Crippen molar-refractivity contribution in [3.8, 4) is 0 Å². The molecule has 4 atom stereocenters. The first-order chi connectivity index (χ1) is 14.1. The lowest BCUT2D eigenvalue weighted by atomic mass is 9.88. The third-order valence-corrected chi connectivity index (χ3v) is 5.86. The summed E-state index contributed by atoms with van der Waals surface area (Å²) in [5.41, 5.74) is 1.81. The van der Waals surface area contributed by atoms with E-state index in [2.05, 4.69) is 6.92 Å². The van der Waals surface area contributed by atoms with Crippen molar-refractivity contribution in [2.45, 2.75) is 102 Å². The van der Waals surface area contributed by atoms with Crippen molar-refractivity contribution in [3.63, 3.8) is 0 Å². The van der Waals surface area contributed by atoms with Crippen LogP contribution < -0.4 is 0 Å². The molecule has 4 N–H and O–H groups in total. The molecule has 2 rings (SSSR count). The van der Waals surface area contributed by atoms with Crippen molar-refractivity contribution in [1.29, 1.82) is 0 Å². The van der Waals surface area contributed by atoms with Gasteiger partial charge in [0.05, 0.1) is 6.61 Å². The molecule has 1 saturated heterocycles. The Bertz CT molecular complexity index is 562. The summed E-state index contributed by atoms with van der Waals surface area (Å²) >= 11 is 0. The van der Waals surface area contributed by atoms with Crippen LogP contribution in [0, 0.1) is 6.10 Å². The van der Waals surface area contributed by atoms with E-state index in [-0.39, 0.29) is 6.10 Å². The second-order valence-corrected chi connectivity index (χ2v) is 8.22. The molecule has 1 heterocycles. The molecule has 0 saturated carbocycles. The summed E-state index contributed by atoms with van der Waals surface area (Å²) < 4.78 is 5.66. The van der Waals surface area contributed by atoms with Gasteiger partial charge in [-0.2, -0.15) is 0 Å². The number of benzene rings is 1. The predicted molar refractivity (Wildman–Crippen MR) is 114 cm³/mol. The summed E-state index contributed by atoms with van der Waals surface area (Å²) in [6, 6.07) is 7.70. The summed E-state index contributed by atoms with van der Waals surface area (Å²) in [4.78, 5) is 0.